The second-order valence-electron chi connectivity index (χ2n) is 5.30. The van der Waals surface area contributed by atoms with Crippen LogP contribution in [-0.4, -0.2) is 21.0 Å². The molecule has 0 saturated heterocycles. The number of anilines is 1. The van der Waals surface area contributed by atoms with Gasteiger partial charge in [0.2, 0.25) is 0 Å². The number of aromatic nitrogens is 2. The molecule has 1 aromatic rings. The van der Waals surface area contributed by atoms with Crippen molar-refractivity contribution in [3.05, 3.63) is 18.1 Å². The van der Waals surface area contributed by atoms with Crippen LogP contribution in [0, 0.1) is 5.92 Å². The van der Waals surface area contributed by atoms with Crippen molar-refractivity contribution in [3.8, 4) is 0 Å². The summed E-state index contributed by atoms with van der Waals surface area (Å²) in [5.74, 6) is 1.74. The van der Waals surface area contributed by atoms with E-state index in [0.29, 0.717) is 16.7 Å². The SMILES string of the molecule is CCCC1CCC(Nc2cnc(C(N)=S)cn2)CC1. The van der Waals surface area contributed by atoms with Gasteiger partial charge < -0.3 is 11.1 Å². The lowest BCUT2D eigenvalue weighted by atomic mass is 9.83. The summed E-state index contributed by atoms with van der Waals surface area (Å²) in [5, 5.41) is 3.45. The summed E-state index contributed by atoms with van der Waals surface area (Å²) in [6, 6.07) is 0.526. The third-order valence-corrected chi connectivity index (χ3v) is 4.01. The maximum atomic E-state index is 5.50. The van der Waals surface area contributed by atoms with Gasteiger partial charge >= 0.3 is 0 Å². The molecule has 1 heterocycles. The van der Waals surface area contributed by atoms with E-state index < -0.39 is 0 Å². The molecule has 2 rings (SSSR count). The standard InChI is InChI=1S/C14H22N4S/c1-2-3-10-4-6-11(7-5-10)18-13-9-16-12(8-17-13)14(15)19/h8-11H,2-7H2,1H3,(H2,15,19)(H,17,18). The number of rotatable bonds is 5. The lowest BCUT2D eigenvalue weighted by Crippen LogP contribution is -2.26. The van der Waals surface area contributed by atoms with Crippen molar-refractivity contribution in [2.75, 3.05) is 5.32 Å². The first-order valence-corrected chi connectivity index (χ1v) is 7.48. The minimum absolute atomic E-state index is 0.291. The van der Waals surface area contributed by atoms with Crippen LogP contribution in [0.1, 0.15) is 51.1 Å². The van der Waals surface area contributed by atoms with Gasteiger partial charge in [0.1, 0.15) is 16.5 Å². The summed E-state index contributed by atoms with van der Waals surface area (Å²) in [7, 11) is 0. The molecule has 4 nitrogen and oxygen atoms in total. The summed E-state index contributed by atoms with van der Waals surface area (Å²) < 4.78 is 0. The van der Waals surface area contributed by atoms with Gasteiger partial charge in [-0.25, -0.2) is 9.97 Å². The van der Waals surface area contributed by atoms with Gasteiger partial charge in [-0.15, -0.1) is 0 Å². The van der Waals surface area contributed by atoms with Crippen LogP contribution in [0.3, 0.4) is 0 Å². The van der Waals surface area contributed by atoms with E-state index in [4.69, 9.17) is 18.0 Å². The predicted octanol–water partition coefficient (Wildman–Crippen LogP) is 2.88. The van der Waals surface area contributed by atoms with Crippen LogP contribution in [0.25, 0.3) is 0 Å². The summed E-state index contributed by atoms with van der Waals surface area (Å²) in [4.78, 5) is 8.80. The summed E-state index contributed by atoms with van der Waals surface area (Å²) in [5.41, 5.74) is 6.08. The van der Waals surface area contributed by atoms with Crippen molar-refractivity contribution in [2.45, 2.75) is 51.5 Å². The zero-order chi connectivity index (χ0) is 13.7. The molecule has 5 heteroatoms. The van der Waals surface area contributed by atoms with E-state index in [1.165, 1.54) is 38.5 Å². The molecule has 0 atom stereocenters. The first-order valence-electron chi connectivity index (χ1n) is 7.07. The summed E-state index contributed by atoms with van der Waals surface area (Å²) in [6.45, 7) is 2.27. The molecule has 1 aliphatic rings. The molecule has 0 aromatic carbocycles. The van der Waals surface area contributed by atoms with Gasteiger partial charge in [0.05, 0.1) is 12.4 Å². The van der Waals surface area contributed by atoms with Gasteiger partial charge in [0, 0.05) is 6.04 Å². The minimum Gasteiger partial charge on any atom is -0.388 e. The molecule has 0 bridgehead atoms. The van der Waals surface area contributed by atoms with E-state index in [9.17, 15) is 0 Å². The predicted molar refractivity (Wildman–Crippen MR) is 82.2 cm³/mol. The molecule has 1 aromatic heterocycles. The Kier molecular flexibility index (Phi) is 5.07. The highest BCUT2D eigenvalue weighted by Gasteiger charge is 2.20. The maximum absolute atomic E-state index is 5.50. The van der Waals surface area contributed by atoms with Crippen LogP contribution >= 0.6 is 12.2 Å². The molecule has 104 valence electrons. The molecule has 19 heavy (non-hydrogen) atoms. The summed E-state index contributed by atoms with van der Waals surface area (Å²) >= 11 is 4.86. The van der Waals surface area contributed by atoms with Crippen LogP contribution in [0.5, 0.6) is 0 Å². The molecule has 0 amide bonds. The number of nitrogens with one attached hydrogen (secondary N) is 1. The van der Waals surface area contributed by atoms with Crippen LogP contribution in [0.4, 0.5) is 5.82 Å². The normalized spacial score (nSPS) is 23.0. The Labute approximate surface area is 120 Å². The molecule has 3 N–H and O–H groups in total. The van der Waals surface area contributed by atoms with Crippen molar-refractivity contribution < 1.29 is 0 Å². The maximum Gasteiger partial charge on any atom is 0.144 e. The largest absolute Gasteiger partial charge is 0.388 e. The van der Waals surface area contributed by atoms with Gasteiger partial charge in [-0.3, -0.25) is 0 Å². The van der Waals surface area contributed by atoms with Crippen LogP contribution in [0.2, 0.25) is 0 Å². The average molecular weight is 278 g/mol. The fourth-order valence-electron chi connectivity index (χ4n) is 2.74. The Balaban J connectivity index is 1.83. The number of nitrogens with two attached hydrogens (primary N) is 1. The number of hydrogen-bond donors (Lipinski definition) is 2. The Bertz CT molecular complexity index is 410. The highest BCUT2D eigenvalue weighted by molar-refractivity contribution is 7.80. The molecular formula is C14H22N4S. The van der Waals surface area contributed by atoms with Crippen LogP contribution in [0.15, 0.2) is 12.4 Å². The van der Waals surface area contributed by atoms with Gasteiger partial charge in [0.15, 0.2) is 0 Å². The third-order valence-electron chi connectivity index (χ3n) is 3.80. The fraction of sp³-hybridized carbons (Fsp3) is 0.643. The highest BCUT2D eigenvalue weighted by atomic mass is 32.1. The fourth-order valence-corrected chi connectivity index (χ4v) is 2.85. The lowest BCUT2D eigenvalue weighted by Gasteiger charge is -2.29. The summed E-state index contributed by atoms with van der Waals surface area (Å²) in [6.07, 6.45) is 11.1. The first kappa shape index (κ1) is 14.2. The molecule has 0 unspecified atom stereocenters. The highest BCUT2D eigenvalue weighted by Crippen LogP contribution is 2.29. The molecule has 0 aliphatic heterocycles. The number of hydrogen-bond acceptors (Lipinski definition) is 4. The molecule has 0 radical (unpaired) electrons. The van der Waals surface area contributed by atoms with Crippen molar-refractivity contribution in [3.63, 3.8) is 0 Å². The second-order valence-corrected chi connectivity index (χ2v) is 5.74. The van der Waals surface area contributed by atoms with E-state index in [0.717, 1.165) is 11.7 Å². The monoisotopic (exact) mass is 278 g/mol. The van der Waals surface area contributed by atoms with E-state index in [1.807, 2.05) is 0 Å². The van der Waals surface area contributed by atoms with Crippen molar-refractivity contribution in [2.24, 2.45) is 11.7 Å². The molecule has 1 fully saturated rings. The van der Waals surface area contributed by atoms with Crippen molar-refractivity contribution >= 4 is 23.0 Å². The zero-order valence-corrected chi connectivity index (χ0v) is 12.2. The Morgan fingerprint density at radius 2 is 2.05 bits per heavy atom. The molecule has 0 spiro atoms. The van der Waals surface area contributed by atoms with Gasteiger partial charge in [-0.1, -0.05) is 32.0 Å². The molecular weight excluding hydrogens is 256 g/mol. The van der Waals surface area contributed by atoms with Crippen LogP contribution < -0.4 is 11.1 Å². The minimum atomic E-state index is 0.291. The average Bonchev–Trinajstić information content (AvgIpc) is 2.42. The Morgan fingerprint density at radius 3 is 2.58 bits per heavy atom. The number of thiocarbonyl (C=S) groups is 1. The smallest absolute Gasteiger partial charge is 0.144 e. The van der Waals surface area contributed by atoms with Gasteiger partial charge in [-0.2, -0.15) is 0 Å². The topological polar surface area (TPSA) is 63.8 Å². The quantitative estimate of drug-likeness (QED) is 0.811. The first-order chi connectivity index (χ1) is 9.19. The molecule has 1 aliphatic carbocycles. The Morgan fingerprint density at radius 1 is 1.32 bits per heavy atom. The molecule has 1 saturated carbocycles. The Hall–Kier alpha value is -1.23. The zero-order valence-electron chi connectivity index (χ0n) is 11.4. The van der Waals surface area contributed by atoms with E-state index >= 15 is 0 Å². The van der Waals surface area contributed by atoms with Gasteiger partial charge in [-0.05, 0) is 31.6 Å². The second kappa shape index (κ2) is 6.80. The number of nitrogens with zero attached hydrogens (tertiary/aromatic N) is 2. The lowest BCUT2D eigenvalue weighted by molar-refractivity contribution is 0.318. The van der Waals surface area contributed by atoms with E-state index in [2.05, 4.69) is 22.2 Å². The van der Waals surface area contributed by atoms with Crippen molar-refractivity contribution in [1.82, 2.24) is 9.97 Å². The van der Waals surface area contributed by atoms with Gasteiger partial charge in [0.25, 0.3) is 0 Å². The van der Waals surface area contributed by atoms with Crippen molar-refractivity contribution in [1.29, 1.82) is 0 Å². The van der Waals surface area contributed by atoms with E-state index in [-0.39, 0.29) is 0 Å². The van der Waals surface area contributed by atoms with E-state index in [1.54, 1.807) is 12.4 Å². The van der Waals surface area contributed by atoms with Crippen LogP contribution in [-0.2, 0) is 0 Å². The third kappa shape index (κ3) is 4.13.